The van der Waals surface area contributed by atoms with E-state index in [4.69, 9.17) is 9.97 Å². The van der Waals surface area contributed by atoms with Gasteiger partial charge in [-0.25, -0.2) is 9.97 Å². The summed E-state index contributed by atoms with van der Waals surface area (Å²) < 4.78 is 1.44. The lowest BCUT2D eigenvalue weighted by atomic mass is 9.94. The summed E-state index contributed by atoms with van der Waals surface area (Å²) in [5.41, 5.74) is 2.79. The van der Waals surface area contributed by atoms with Crippen LogP contribution in [0, 0.1) is 0 Å². The lowest BCUT2D eigenvalue weighted by Crippen LogP contribution is -2.39. The summed E-state index contributed by atoms with van der Waals surface area (Å²) in [6.07, 6.45) is 4.26. The van der Waals surface area contributed by atoms with Gasteiger partial charge in [-0.1, -0.05) is 0 Å². The number of aromatic nitrogens is 3. The van der Waals surface area contributed by atoms with Gasteiger partial charge in [0, 0.05) is 64.0 Å². The lowest BCUT2D eigenvalue weighted by molar-refractivity contribution is 0.0710. The Labute approximate surface area is 170 Å². The summed E-state index contributed by atoms with van der Waals surface area (Å²) in [5.74, 6) is 2.06. The number of carbonyl (C=O) groups excluding carboxylic acids is 1. The van der Waals surface area contributed by atoms with Gasteiger partial charge in [0.1, 0.15) is 11.6 Å². The zero-order valence-electron chi connectivity index (χ0n) is 17.3. The van der Waals surface area contributed by atoms with Crippen LogP contribution in [0.2, 0.25) is 0 Å². The number of nitrogens with one attached hydrogen (secondary N) is 1. The molecule has 2 aromatic rings. The molecule has 8 nitrogen and oxygen atoms in total. The second kappa shape index (κ2) is 7.94. The number of hydrogen-bond acceptors (Lipinski definition) is 6. The van der Waals surface area contributed by atoms with Crippen LogP contribution in [0.3, 0.4) is 0 Å². The van der Waals surface area contributed by atoms with Crippen molar-refractivity contribution in [2.75, 3.05) is 39.0 Å². The van der Waals surface area contributed by atoms with Crippen LogP contribution in [0.15, 0.2) is 23.1 Å². The smallest absolute Gasteiger partial charge is 0.255 e. The van der Waals surface area contributed by atoms with Crippen molar-refractivity contribution in [3.63, 3.8) is 0 Å². The largest absolute Gasteiger partial charge is 0.373 e. The fraction of sp³-hybridized carbons (Fsp3) is 0.524. The molecular weight excluding hydrogens is 368 g/mol. The molecule has 2 aliphatic heterocycles. The average Bonchev–Trinajstić information content (AvgIpc) is 2.74. The molecule has 154 valence electrons. The van der Waals surface area contributed by atoms with E-state index in [0.29, 0.717) is 18.7 Å². The molecule has 0 aromatic carbocycles. The molecule has 0 saturated carbocycles. The molecule has 1 fully saturated rings. The molecule has 2 aromatic heterocycles. The molecule has 29 heavy (non-hydrogen) atoms. The van der Waals surface area contributed by atoms with Gasteiger partial charge in [0.25, 0.3) is 5.91 Å². The minimum absolute atomic E-state index is 0.0250. The Morgan fingerprint density at radius 2 is 1.90 bits per heavy atom. The van der Waals surface area contributed by atoms with Crippen molar-refractivity contribution in [3.05, 3.63) is 51.3 Å². The molecule has 0 atom stereocenters. The second-order valence-corrected chi connectivity index (χ2v) is 8.03. The number of rotatable bonds is 3. The highest BCUT2D eigenvalue weighted by Crippen LogP contribution is 2.30. The SMILES string of the molecule is CNc1nc(C2CCN(C(=O)c3ccc(=O)n(C)c3)CC2)nc2c1CCN(C)C2. The van der Waals surface area contributed by atoms with Gasteiger partial charge in [0.05, 0.1) is 11.3 Å². The first-order valence-electron chi connectivity index (χ1n) is 10.2. The lowest BCUT2D eigenvalue weighted by Gasteiger charge is -2.32. The topological polar surface area (TPSA) is 83.4 Å². The van der Waals surface area contributed by atoms with E-state index in [1.807, 2.05) is 11.9 Å². The van der Waals surface area contributed by atoms with Crippen LogP contribution >= 0.6 is 0 Å². The predicted molar refractivity (Wildman–Crippen MR) is 111 cm³/mol. The van der Waals surface area contributed by atoms with Crippen LogP contribution in [0.1, 0.15) is 46.2 Å². The zero-order valence-corrected chi connectivity index (χ0v) is 17.3. The van der Waals surface area contributed by atoms with Gasteiger partial charge in [-0.2, -0.15) is 0 Å². The van der Waals surface area contributed by atoms with Crippen molar-refractivity contribution < 1.29 is 4.79 Å². The maximum Gasteiger partial charge on any atom is 0.255 e. The molecule has 0 bridgehead atoms. The number of pyridine rings is 1. The first kappa shape index (κ1) is 19.6. The number of piperidine rings is 1. The van der Waals surface area contributed by atoms with Crippen molar-refractivity contribution in [3.8, 4) is 0 Å². The van der Waals surface area contributed by atoms with E-state index in [9.17, 15) is 9.59 Å². The predicted octanol–water partition coefficient (Wildman–Crippen LogP) is 1.22. The van der Waals surface area contributed by atoms with Crippen LogP contribution < -0.4 is 10.9 Å². The first-order valence-corrected chi connectivity index (χ1v) is 10.2. The number of carbonyl (C=O) groups is 1. The van der Waals surface area contributed by atoms with E-state index < -0.39 is 0 Å². The van der Waals surface area contributed by atoms with E-state index in [-0.39, 0.29) is 17.4 Å². The summed E-state index contributed by atoms with van der Waals surface area (Å²) in [6.45, 7) is 3.21. The number of nitrogens with zero attached hydrogens (tertiary/aromatic N) is 5. The second-order valence-electron chi connectivity index (χ2n) is 8.03. The van der Waals surface area contributed by atoms with Crippen molar-refractivity contribution in [2.24, 2.45) is 7.05 Å². The number of hydrogen-bond donors (Lipinski definition) is 1. The molecule has 4 rings (SSSR count). The molecule has 0 spiro atoms. The Hall–Kier alpha value is -2.74. The van der Waals surface area contributed by atoms with E-state index in [0.717, 1.165) is 49.7 Å². The number of likely N-dealkylation sites (N-methyl/N-ethyl adjacent to an activating group) is 1. The molecule has 0 radical (unpaired) electrons. The molecule has 0 aliphatic carbocycles. The molecule has 2 aliphatic rings. The third-order valence-corrected chi connectivity index (χ3v) is 5.99. The minimum atomic E-state index is -0.115. The third kappa shape index (κ3) is 3.89. The summed E-state index contributed by atoms with van der Waals surface area (Å²) in [6, 6.07) is 3.05. The van der Waals surface area contributed by atoms with E-state index in [1.165, 1.54) is 16.2 Å². The van der Waals surface area contributed by atoms with E-state index in [2.05, 4.69) is 17.3 Å². The maximum absolute atomic E-state index is 12.8. The van der Waals surface area contributed by atoms with Gasteiger partial charge in [0.15, 0.2) is 0 Å². The molecule has 1 N–H and O–H groups in total. The standard InChI is InChI=1S/C21H28N6O2/c1-22-20-16-8-9-25(2)13-17(16)23-19(24-20)14-6-10-27(11-7-14)21(29)15-4-5-18(28)26(3)12-15/h4-5,12,14H,6-11,13H2,1-3H3,(H,22,23,24). The van der Waals surface area contributed by atoms with Crippen molar-refractivity contribution in [1.29, 1.82) is 0 Å². The minimum Gasteiger partial charge on any atom is -0.373 e. The normalized spacial score (nSPS) is 17.8. The molecular formula is C21H28N6O2. The number of likely N-dealkylation sites (tertiary alicyclic amines) is 1. The molecule has 1 saturated heterocycles. The monoisotopic (exact) mass is 396 g/mol. The highest BCUT2D eigenvalue weighted by molar-refractivity contribution is 5.94. The van der Waals surface area contributed by atoms with Crippen LogP contribution in [0.25, 0.3) is 0 Å². The average molecular weight is 396 g/mol. The summed E-state index contributed by atoms with van der Waals surface area (Å²) >= 11 is 0. The Bertz CT molecular complexity index is 978. The van der Waals surface area contributed by atoms with Crippen molar-refractivity contribution >= 4 is 11.7 Å². The van der Waals surface area contributed by atoms with Crippen LogP contribution in [-0.4, -0.2) is 64.0 Å². The zero-order chi connectivity index (χ0) is 20.5. The Balaban J connectivity index is 1.48. The Kier molecular flexibility index (Phi) is 5.36. The molecule has 0 unspecified atom stereocenters. The molecule has 1 amide bonds. The summed E-state index contributed by atoms with van der Waals surface area (Å²) in [4.78, 5) is 38.2. The number of amides is 1. The fourth-order valence-corrected chi connectivity index (χ4v) is 4.21. The van der Waals surface area contributed by atoms with E-state index >= 15 is 0 Å². The maximum atomic E-state index is 12.8. The van der Waals surface area contributed by atoms with Gasteiger partial charge in [-0.05, 0) is 32.4 Å². The highest BCUT2D eigenvalue weighted by Gasteiger charge is 2.28. The van der Waals surface area contributed by atoms with Gasteiger partial charge in [0.2, 0.25) is 5.56 Å². The highest BCUT2D eigenvalue weighted by atomic mass is 16.2. The van der Waals surface area contributed by atoms with Gasteiger partial charge in [-0.3, -0.25) is 9.59 Å². The Morgan fingerprint density at radius 1 is 1.14 bits per heavy atom. The Morgan fingerprint density at radius 3 is 2.59 bits per heavy atom. The quantitative estimate of drug-likeness (QED) is 0.840. The summed E-state index contributed by atoms with van der Waals surface area (Å²) in [5, 5.41) is 3.25. The van der Waals surface area contributed by atoms with Crippen LogP contribution in [0.4, 0.5) is 5.82 Å². The van der Waals surface area contributed by atoms with Gasteiger partial charge >= 0.3 is 0 Å². The number of anilines is 1. The van der Waals surface area contributed by atoms with Crippen LogP contribution in [0.5, 0.6) is 0 Å². The number of aryl methyl sites for hydroxylation is 1. The third-order valence-electron chi connectivity index (χ3n) is 5.99. The van der Waals surface area contributed by atoms with Gasteiger partial charge in [-0.15, -0.1) is 0 Å². The van der Waals surface area contributed by atoms with Gasteiger partial charge < -0.3 is 19.7 Å². The summed E-state index contributed by atoms with van der Waals surface area (Å²) in [7, 11) is 5.70. The molecule has 4 heterocycles. The van der Waals surface area contributed by atoms with E-state index in [1.54, 1.807) is 19.3 Å². The first-order chi connectivity index (χ1) is 14.0. The van der Waals surface area contributed by atoms with Crippen molar-refractivity contribution in [2.45, 2.75) is 31.7 Å². The van der Waals surface area contributed by atoms with Crippen molar-refractivity contribution in [1.82, 2.24) is 24.3 Å². The fourth-order valence-electron chi connectivity index (χ4n) is 4.21. The number of fused-ring (bicyclic) bond motifs is 1. The molecule has 8 heteroatoms. The van der Waals surface area contributed by atoms with Crippen LogP contribution in [-0.2, 0) is 20.0 Å².